The van der Waals surface area contributed by atoms with E-state index in [2.05, 4.69) is 10.3 Å². The lowest BCUT2D eigenvalue weighted by Crippen LogP contribution is -2.49. The molecule has 0 radical (unpaired) electrons. The molecular formula is C16H18N4O4. The normalized spacial score (nSPS) is 17.7. The molecule has 1 aromatic carbocycles. The van der Waals surface area contributed by atoms with Crippen molar-refractivity contribution in [1.29, 1.82) is 0 Å². The summed E-state index contributed by atoms with van der Waals surface area (Å²) >= 11 is 0. The first kappa shape index (κ1) is 16.1. The van der Waals surface area contributed by atoms with Crippen LogP contribution in [0, 0.1) is 0 Å². The number of hydrogen-bond acceptors (Lipinski definition) is 5. The second-order valence-electron chi connectivity index (χ2n) is 5.61. The molecule has 1 atom stereocenters. The molecule has 0 bridgehead atoms. The first-order valence-corrected chi connectivity index (χ1v) is 7.68. The highest BCUT2D eigenvalue weighted by Crippen LogP contribution is 2.14. The van der Waals surface area contributed by atoms with E-state index < -0.39 is 12.0 Å². The average molecular weight is 330 g/mol. The predicted octanol–water partition coefficient (Wildman–Crippen LogP) is 0.642. The van der Waals surface area contributed by atoms with Gasteiger partial charge >= 0.3 is 5.97 Å². The van der Waals surface area contributed by atoms with Gasteiger partial charge in [0.15, 0.2) is 5.69 Å². The van der Waals surface area contributed by atoms with Gasteiger partial charge < -0.3 is 14.7 Å². The molecular weight excluding hydrogens is 312 g/mol. The molecule has 2 aromatic rings. The smallest absolute Gasteiger partial charge is 0.305 e. The molecule has 1 saturated heterocycles. The van der Waals surface area contributed by atoms with Crippen molar-refractivity contribution < 1.29 is 19.4 Å². The maximum atomic E-state index is 12.6. The number of benzene rings is 1. The van der Waals surface area contributed by atoms with Gasteiger partial charge in [-0.1, -0.05) is 35.5 Å². The van der Waals surface area contributed by atoms with E-state index in [1.54, 1.807) is 10.9 Å². The van der Waals surface area contributed by atoms with Crippen molar-refractivity contribution in [3.8, 4) is 0 Å². The lowest BCUT2D eigenvalue weighted by molar-refractivity contribution is -0.139. The van der Waals surface area contributed by atoms with Gasteiger partial charge in [-0.3, -0.25) is 9.59 Å². The summed E-state index contributed by atoms with van der Waals surface area (Å²) in [7, 11) is 0. The van der Waals surface area contributed by atoms with Crippen LogP contribution in [-0.4, -0.2) is 62.7 Å². The van der Waals surface area contributed by atoms with Crippen molar-refractivity contribution >= 4 is 11.9 Å². The van der Waals surface area contributed by atoms with Crippen LogP contribution < -0.4 is 0 Å². The van der Waals surface area contributed by atoms with E-state index >= 15 is 0 Å². The molecule has 1 amide bonds. The SMILES string of the molecule is O=C(O)CC1COCCN1C(=O)c1cn(Cc2ccccc2)nn1. The number of rotatable bonds is 5. The number of aromatic nitrogens is 3. The number of carbonyl (C=O) groups excluding carboxylic acids is 1. The molecule has 1 aromatic heterocycles. The van der Waals surface area contributed by atoms with Crippen molar-refractivity contribution in [3.63, 3.8) is 0 Å². The zero-order valence-electron chi connectivity index (χ0n) is 13.0. The first-order chi connectivity index (χ1) is 11.6. The Morgan fingerprint density at radius 2 is 2.08 bits per heavy atom. The van der Waals surface area contributed by atoms with E-state index in [9.17, 15) is 9.59 Å². The van der Waals surface area contributed by atoms with Crippen LogP contribution in [0.5, 0.6) is 0 Å². The van der Waals surface area contributed by atoms with Crippen molar-refractivity contribution in [2.24, 2.45) is 0 Å². The van der Waals surface area contributed by atoms with Gasteiger partial charge in [-0.05, 0) is 5.56 Å². The van der Waals surface area contributed by atoms with Gasteiger partial charge in [-0.15, -0.1) is 5.10 Å². The number of aliphatic carboxylic acids is 1. The summed E-state index contributed by atoms with van der Waals surface area (Å²) in [4.78, 5) is 25.1. The fraction of sp³-hybridized carbons (Fsp3) is 0.375. The van der Waals surface area contributed by atoms with E-state index in [-0.39, 0.29) is 24.6 Å². The molecule has 0 saturated carbocycles. The Bertz CT molecular complexity index is 716. The van der Waals surface area contributed by atoms with Gasteiger partial charge in [0.1, 0.15) is 0 Å². The number of hydrogen-bond donors (Lipinski definition) is 1. The third kappa shape index (κ3) is 3.77. The molecule has 1 unspecified atom stereocenters. The highest BCUT2D eigenvalue weighted by Gasteiger charge is 2.31. The van der Waals surface area contributed by atoms with Gasteiger partial charge in [0.25, 0.3) is 5.91 Å². The quantitative estimate of drug-likeness (QED) is 0.864. The fourth-order valence-corrected chi connectivity index (χ4v) is 2.68. The average Bonchev–Trinajstić information content (AvgIpc) is 3.03. The molecule has 24 heavy (non-hydrogen) atoms. The van der Waals surface area contributed by atoms with Crippen LogP contribution in [0.3, 0.4) is 0 Å². The number of amides is 1. The number of carboxylic acid groups (broad SMARTS) is 1. The van der Waals surface area contributed by atoms with Gasteiger partial charge in [0, 0.05) is 6.54 Å². The van der Waals surface area contributed by atoms with E-state index in [4.69, 9.17) is 9.84 Å². The number of ether oxygens (including phenoxy) is 1. The Balaban J connectivity index is 1.71. The topological polar surface area (TPSA) is 97.6 Å². The van der Waals surface area contributed by atoms with Crippen LogP contribution in [0.2, 0.25) is 0 Å². The number of carboxylic acids is 1. The van der Waals surface area contributed by atoms with E-state index in [0.29, 0.717) is 19.7 Å². The molecule has 0 spiro atoms. The fourth-order valence-electron chi connectivity index (χ4n) is 2.68. The van der Waals surface area contributed by atoms with Gasteiger partial charge in [-0.25, -0.2) is 4.68 Å². The van der Waals surface area contributed by atoms with Crippen LogP contribution >= 0.6 is 0 Å². The standard InChI is InChI=1S/C16H18N4O4/c21-15(22)8-13-11-24-7-6-20(13)16(23)14-10-19(18-17-14)9-12-4-2-1-3-5-12/h1-5,10,13H,6-9,11H2,(H,21,22). The molecule has 2 heterocycles. The van der Waals surface area contributed by atoms with Crippen molar-refractivity contribution in [3.05, 3.63) is 47.8 Å². The van der Waals surface area contributed by atoms with Crippen molar-refractivity contribution in [1.82, 2.24) is 19.9 Å². The van der Waals surface area contributed by atoms with Crippen LogP contribution in [-0.2, 0) is 16.1 Å². The maximum Gasteiger partial charge on any atom is 0.305 e. The summed E-state index contributed by atoms with van der Waals surface area (Å²) < 4.78 is 6.88. The van der Waals surface area contributed by atoms with E-state index in [0.717, 1.165) is 5.56 Å². The van der Waals surface area contributed by atoms with Crippen molar-refractivity contribution in [2.45, 2.75) is 19.0 Å². The van der Waals surface area contributed by atoms with Crippen LogP contribution in [0.15, 0.2) is 36.5 Å². The van der Waals surface area contributed by atoms with Gasteiger partial charge in [-0.2, -0.15) is 0 Å². The van der Waals surface area contributed by atoms with Gasteiger partial charge in [0.2, 0.25) is 0 Å². The van der Waals surface area contributed by atoms with Crippen LogP contribution in [0.1, 0.15) is 22.5 Å². The molecule has 1 aliphatic rings. The maximum absolute atomic E-state index is 12.6. The summed E-state index contributed by atoms with van der Waals surface area (Å²) in [5, 5.41) is 16.9. The summed E-state index contributed by atoms with van der Waals surface area (Å²) in [5.74, 6) is -1.28. The molecule has 1 fully saturated rings. The molecule has 1 aliphatic heterocycles. The lowest BCUT2D eigenvalue weighted by atomic mass is 10.1. The first-order valence-electron chi connectivity index (χ1n) is 7.68. The monoisotopic (exact) mass is 330 g/mol. The van der Waals surface area contributed by atoms with Crippen molar-refractivity contribution in [2.75, 3.05) is 19.8 Å². The van der Waals surface area contributed by atoms with Crippen LogP contribution in [0.4, 0.5) is 0 Å². The zero-order valence-corrected chi connectivity index (χ0v) is 13.0. The molecule has 0 aliphatic carbocycles. The molecule has 8 nitrogen and oxygen atoms in total. The minimum atomic E-state index is -0.962. The van der Waals surface area contributed by atoms with Gasteiger partial charge in [0.05, 0.1) is 38.4 Å². The lowest BCUT2D eigenvalue weighted by Gasteiger charge is -2.34. The predicted molar refractivity (Wildman–Crippen MR) is 83.5 cm³/mol. The van der Waals surface area contributed by atoms with E-state index in [1.807, 2.05) is 30.3 Å². The molecule has 3 rings (SSSR count). The zero-order chi connectivity index (χ0) is 16.9. The van der Waals surface area contributed by atoms with E-state index in [1.165, 1.54) is 4.90 Å². The highest BCUT2D eigenvalue weighted by atomic mass is 16.5. The Kier molecular flexibility index (Phi) is 4.85. The second-order valence-corrected chi connectivity index (χ2v) is 5.61. The summed E-state index contributed by atoms with van der Waals surface area (Å²) in [6.45, 7) is 1.47. The molecule has 1 N–H and O–H groups in total. The summed E-state index contributed by atoms with van der Waals surface area (Å²) in [5.41, 5.74) is 1.26. The summed E-state index contributed by atoms with van der Waals surface area (Å²) in [6.07, 6.45) is 1.44. The minimum absolute atomic E-state index is 0.149. The third-order valence-electron chi connectivity index (χ3n) is 3.84. The number of nitrogens with zero attached hydrogens (tertiary/aromatic N) is 4. The van der Waals surface area contributed by atoms with Crippen LogP contribution in [0.25, 0.3) is 0 Å². The largest absolute Gasteiger partial charge is 0.481 e. The number of carbonyl (C=O) groups is 2. The number of morpholine rings is 1. The third-order valence-corrected chi connectivity index (χ3v) is 3.84. The Morgan fingerprint density at radius 3 is 2.83 bits per heavy atom. The molecule has 126 valence electrons. The Morgan fingerprint density at radius 1 is 1.29 bits per heavy atom. The highest BCUT2D eigenvalue weighted by molar-refractivity contribution is 5.92. The Hall–Kier alpha value is -2.74. The summed E-state index contributed by atoms with van der Waals surface area (Å²) in [6, 6.07) is 9.25. The second kappa shape index (κ2) is 7.22. The minimum Gasteiger partial charge on any atom is -0.481 e. The Labute approximate surface area is 138 Å². The molecule has 8 heteroatoms.